The zero-order chi connectivity index (χ0) is 17.6. The maximum absolute atomic E-state index is 13.0. The predicted molar refractivity (Wildman–Crippen MR) is 97.6 cm³/mol. The van der Waals surface area contributed by atoms with E-state index in [1.165, 1.54) is 35.2 Å². The van der Waals surface area contributed by atoms with Gasteiger partial charge in [-0.3, -0.25) is 4.79 Å². The summed E-state index contributed by atoms with van der Waals surface area (Å²) in [6.07, 6.45) is 0. The van der Waals surface area contributed by atoms with Crippen LogP contribution < -0.4 is 11.1 Å². The van der Waals surface area contributed by atoms with Gasteiger partial charge >= 0.3 is 0 Å². The molecule has 0 bridgehead atoms. The van der Waals surface area contributed by atoms with Gasteiger partial charge in [-0.1, -0.05) is 65.6 Å². The number of amides is 1. The van der Waals surface area contributed by atoms with Gasteiger partial charge in [0.1, 0.15) is 11.1 Å². The quantitative estimate of drug-likeness (QED) is 0.646. The minimum Gasteiger partial charge on any atom is -0.374 e. The van der Waals surface area contributed by atoms with Gasteiger partial charge in [-0.25, -0.2) is 4.39 Å². The summed E-state index contributed by atoms with van der Waals surface area (Å²) in [5.41, 5.74) is 7.30. The van der Waals surface area contributed by atoms with Gasteiger partial charge in [0.2, 0.25) is 11.0 Å². The highest BCUT2D eigenvalue weighted by Gasteiger charge is 2.23. The van der Waals surface area contributed by atoms with Crippen molar-refractivity contribution in [3.63, 3.8) is 0 Å². The molecular formula is C17H15FN4OS2. The van der Waals surface area contributed by atoms with Gasteiger partial charge in [0.05, 0.1) is 0 Å². The van der Waals surface area contributed by atoms with Crippen LogP contribution in [-0.2, 0) is 11.3 Å². The number of carbonyl (C=O) groups excluding carboxylic acids is 1. The molecule has 0 aliphatic heterocycles. The first-order chi connectivity index (χ1) is 12.1. The Morgan fingerprint density at radius 1 is 1.16 bits per heavy atom. The van der Waals surface area contributed by atoms with E-state index in [0.29, 0.717) is 16.0 Å². The van der Waals surface area contributed by atoms with E-state index < -0.39 is 5.25 Å². The molecule has 1 aromatic heterocycles. The van der Waals surface area contributed by atoms with Crippen LogP contribution in [-0.4, -0.2) is 16.1 Å². The molecule has 128 valence electrons. The molecule has 25 heavy (non-hydrogen) atoms. The standard InChI is InChI=1S/C17H15FN4OS2/c18-13-8-6-11(7-9-13)10-20-15(23)14(12-4-2-1-3-5-12)24-17-22-21-16(19)25-17/h1-9,14H,10H2,(H2,19,21)(H,20,23)/t14-/m0/s1. The molecule has 0 spiro atoms. The number of aromatic nitrogens is 2. The second-order valence-electron chi connectivity index (χ2n) is 5.16. The Bertz CT molecular complexity index is 839. The highest BCUT2D eigenvalue weighted by Crippen LogP contribution is 2.37. The Hall–Kier alpha value is -2.45. The first kappa shape index (κ1) is 17.4. The lowest BCUT2D eigenvalue weighted by Gasteiger charge is -2.15. The zero-order valence-corrected chi connectivity index (χ0v) is 14.7. The minimum atomic E-state index is -0.478. The van der Waals surface area contributed by atoms with Crippen molar-refractivity contribution in [1.82, 2.24) is 15.5 Å². The number of anilines is 1. The molecule has 1 heterocycles. The van der Waals surface area contributed by atoms with Gasteiger partial charge < -0.3 is 11.1 Å². The van der Waals surface area contributed by atoms with E-state index in [-0.39, 0.29) is 11.7 Å². The van der Waals surface area contributed by atoms with Gasteiger partial charge in [0.25, 0.3) is 0 Å². The Labute approximate surface area is 152 Å². The number of nitrogens with two attached hydrogens (primary N) is 1. The van der Waals surface area contributed by atoms with Crippen molar-refractivity contribution in [3.8, 4) is 0 Å². The summed E-state index contributed by atoms with van der Waals surface area (Å²) in [6, 6.07) is 15.5. The molecule has 0 saturated carbocycles. The zero-order valence-electron chi connectivity index (χ0n) is 13.1. The summed E-state index contributed by atoms with van der Waals surface area (Å²) in [5.74, 6) is -0.462. The largest absolute Gasteiger partial charge is 0.374 e. The van der Waals surface area contributed by atoms with Gasteiger partial charge in [-0.2, -0.15) is 0 Å². The number of hydrogen-bond acceptors (Lipinski definition) is 6. The second kappa shape index (κ2) is 8.09. The summed E-state index contributed by atoms with van der Waals surface area (Å²) in [5, 5.41) is 10.5. The van der Waals surface area contributed by atoms with E-state index >= 15 is 0 Å². The average molecular weight is 374 g/mol. The van der Waals surface area contributed by atoms with E-state index in [0.717, 1.165) is 11.1 Å². The van der Waals surface area contributed by atoms with Crippen LogP contribution in [0.15, 0.2) is 58.9 Å². The first-order valence-electron chi connectivity index (χ1n) is 7.44. The molecule has 1 atom stereocenters. The van der Waals surface area contributed by atoms with Crippen LogP contribution in [0, 0.1) is 5.82 Å². The Balaban J connectivity index is 1.73. The summed E-state index contributed by atoms with van der Waals surface area (Å²) >= 11 is 2.54. The van der Waals surface area contributed by atoms with Crippen LogP contribution in [0.3, 0.4) is 0 Å². The van der Waals surface area contributed by atoms with Gasteiger partial charge in [-0.15, -0.1) is 10.2 Å². The fraction of sp³-hybridized carbons (Fsp3) is 0.118. The summed E-state index contributed by atoms with van der Waals surface area (Å²) < 4.78 is 13.6. The molecule has 0 aliphatic carbocycles. The van der Waals surface area contributed by atoms with E-state index in [1.807, 2.05) is 30.3 Å². The molecule has 8 heteroatoms. The number of thioether (sulfide) groups is 1. The summed E-state index contributed by atoms with van der Waals surface area (Å²) in [4.78, 5) is 12.7. The average Bonchev–Trinajstić information content (AvgIpc) is 3.05. The van der Waals surface area contributed by atoms with Gasteiger partial charge in [-0.05, 0) is 23.3 Å². The topological polar surface area (TPSA) is 80.9 Å². The minimum absolute atomic E-state index is 0.158. The third-order valence-electron chi connectivity index (χ3n) is 3.36. The molecule has 3 N–H and O–H groups in total. The smallest absolute Gasteiger partial charge is 0.238 e. The Morgan fingerprint density at radius 2 is 1.88 bits per heavy atom. The molecule has 0 radical (unpaired) electrons. The van der Waals surface area contributed by atoms with E-state index in [9.17, 15) is 9.18 Å². The summed E-state index contributed by atoms with van der Waals surface area (Å²) in [7, 11) is 0. The number of benzene rings is 2. The molecule has 1 amide bonds. The van der Waals surface area contributed by atoms with Crippen LogP contribution in [0.2, 0.25) is 0 Å². The number of rotatable bonds is 6. The second-order valence-corrected chi connectivity index (χ2v) is 7.52. The maximum atomic E-state index is 13.0. The molecular weight excluding hydrogens is 359 g/mol. The third-order valence-corrected chi connectivity index (χ3v) is 5.45. The van der Waals surface area contributed by atoms with Crippen molar-refractivity contribution in [2.45, 2.75) is 16.1 Å². The van der Waals surface area contributed by atoms with Crippen molar-refractivity contribution in [2.24, 2.45) is 0 Å². The van der Waals surface area contributed by atoms with Crippen LogP contribution in [0.1, 0.15) is 16.4 Å². The highest BCUT2D eigenvalue weighted by atomic mass is 32.2. The van der Waals surface area contributed by atoms with Gasteiger partial charge in [0.15, 0.2) is 4.34 Å². The Kier molecular flexibility index (Phi) is 5.62. The van der Waals surface area contributed by atoms with Crippen LogP contribution in [0.25, 0.3) is 0 Å². The van der Waals surface area contributed by atoms with E-state index in [2.05, 4.69) is 15.5 Å². The fourth-order valence-corrected chi connectivity index (χ4v) is 4.01. The van der Waals surface area contributed by atoms with Crippen LogP contribution >= 0.6 is 23.1 Å². The van der Waals surface area contributed by atoms with Gasteiger partial charge in [0, 0.05) is 6.54 Å². The molecule has 5 nitrogen and oxygen atoms in total. The van der Waals surface area contributed by atoms with Crippen LogP contribution in [0.4, 0.5) is 9.52 Å². The highest BCUT2D eigenvalue weighted by molar-refractivity contribution is 8.01. The number of nitrogen functional groups attached to an aromatic ring is 1. The summed E-state index contributed by atoms with van der Waals surface area (Å²) in [6.45, 7) is 0.321. The van der Waals surface area contributed by atoms with Crippen molar-refractivity contribution >= 4 is 34.1 Å². The fourth-order valence-electron chi connectivity index (χ4n) is 2.15. The molecule has 0 aliphatic rings. The van der Waals surface area contributed by atoms with Crippen molar-refractivity contribution in [2.75, 3.05) is 5.73 Å². The number of hydrogen-bond donors (Lipinski definition) is 2. The van der Waals surface area contributed by atoms with Crippen molar-refractivity contribution in [1.29, 1.82) is 0 Å². The molecule has 3 rings (SSSR count). The lowest BCUT2D eigenvalue weighted by molar-refractivity contribution is -0.120. The Morgan fingerprint density at radius 3 is 2.52 bits per heavy atom. The monoisotopic (exact) mass is 374 g/mol. The number of nitrogens with zero attached hydrogens (tertiary/aromatic N) is 2. The van der Waals surface area contributed by atoms with E-state index in [4.69, 9.17) is 5.73 Å². The van der Waals surface area contributed by atoms with Crippen molar-refractivity contribution < 1.29 is 9.18 Å². The molecule has 3 aromatic rings. The third kappa shape index (κ3) is 4.77. The predicted octanol–water partition coefficient (Wildman–Crippen LogP) is 3.41. The molecule has 2 aromatic carbocycles. The maximum Gasteiger partial charge on any atom is 0.238 e. The van der Waals surface area contributed by atoms with Crippen LogP contribution in [0.5, 0.6) is 0 Å². The number of halogens is 1. The number of nitrogens with one attached hydrogen (secondary N) is 1. The van der Waals surface area contributed by atoms with E-state index in [1.54, 1.807) is 12.1 Å². The first-order valence-corrected chi connectivity index (χ1v) is 9.14. The molecule has 0 saturated heterocycles. The SMILES string of the molecule is Nc1nnc(S[C@H](C(=O)NCc2ccc(F)cc2)c2ccccc2)s1. The normalized spacial score (nSPS) is 11.9. The molecule has 0 unspecified atom stereocenters. The number of carbonyl (C=O) groups is 1. The lowest BCUT2D eigenvalue weighted by atomic mass is 10.1. The molecule has 0 fully saturated rings. The lowest BCUT2D eigenvalue weighted by Crippen LogP contribution is -2.27. The van der Waals surface area contributed by atoms with Crippen molar-refractivity contribution in [3.05, 3.63) is 71.5 Å².